The molecule has 0 saturated carbocycles. The van der Waals surface area contributed by atoms with E-state index in [1.54, 1.807) is 0 Å². The van der Waals surface area contributed by atoms with E-state index in [2.05, 4.69) is 34.6 Å². The molecule has 2 unspecified atom stereocenters. The van der Waals surface area contributed by atoms with Crippen LogP contribution in [-0.4, -0.2) is 96.7 Å². The van der Waals surface area contributed by atoms with E-state index in [1.165, 1.54) is 218 Å². The zero-order chi connectivity index (χ0) is 69.8. The van der Waals surface area contributed by atoms with Crippen LogP contribution in [0.1, 0.15) is 401 Å². The predicted molar refractivity (Wildman–Crippen MR) is 386 cm³/mol. The van der Waals surface area contributed by atoms with Crippen molar-refractivity contribution < 1.29 is 80.2 Å². The van der Waals surface area contributed by atoms with Gasteiger partial charge in [-0.3, -0.25) is 37.3 Å². The van der Waals surface area contributed by atoms with Gasteiger partial charge in [-0.15, -0.1) is 0 Å². The number of carbonyl (C=O) groups is 4. The number of hydrogen-bond donors (Lipinski definition) is 3. The molecule has 0 aromatic carbocycles. The molecule has 0 amide bonds. The first-order valence-corrected chi connectivity index (χ1v) is 42.6. The number of ether oxygens (including phenoxy) is 4. The summed E-state index contributed by atoms with van der Waals surface area (Å²) in [7, 11) is -9.91. The Kier molecular flexibility index (Phi) is 67.7. The van der Waals surface area contributed by atoms with Gasteiger partial charge in [-0.2, -0.15) is 0 Å². The third-order valence-corrected chi connectivity index (χ3v) is 19.7. The molecule has 0 aromatic rings. The van der Waals surface area contributed by atoms with Gasteiger partial charge >= 0.3 is 39.5 Å². The Balaban J connectivity index is 5.22. The minimum atomic E-state index is -4.96. The molecule has 5 atom stereocenters. The summed E-state index contributed by atoms with van der Waals surface area (Å²) in [6, 6.07) is 0. The second kappa shape index (κ2) is 69.2. The molecule has 95 heavy (non-hydrogen) atoms. The van der Waals surface area contributed by atoms with Crippen LogP contribution in [0.4, 0.5) is 0 Å². The highest BCUT2D eigenvalue weighted by molar-refractivity contribution is 7.47. The maximum atomic E-state index is 13.1. The van der Waals surface area contributed by atoms with E-state index in [0.29, 0.717) is 31.6 Å². The van der Waals surface area contributed by atoms with Gasteiger partial charge in [0.1, 0.15) is 19.3 Å². The third kappa shape index (κ3) is 70.3. The van der Waals surface area contributed by atoms with E-state index in [9.17, 15) is 43.2 Å². The Bertz CT molecular complexity index is 1820. The second-order valence-corrected chi connectivity index (χ2v) is 30.8. The van der Waals surface area contributed by atoms with Gasteiger partial charge in [-0.05, 0) is 31.6 Å². The minimum Gasteiger partial charge on any atom is -0.462 e. The van der Waals surface area contributed by atoms with Crippen LogP contribution in [0.5, 0.6) is 0 Å². The number of rotatable bonds is 76. The van der Waals surface area contributed by atoms with Crippen LogP contribution < -0.4 is 0 Å². The van der Waals surface area contributed by atoms with Crippen molar-refractivity contribution in [1.29, 1.82) is 0 Å². The molecule has 0 bridgehead atoms. The Morgan fingerprint density at radius 2 is 0.484 bits per heavy atom. The Hall–Kier alpha value is -1.94. The highest BCUT2D eigenvalue weighted by Gasteiger charge is 2.30. The topological polar surface area (TPSA) is 237 Å². The van der Waals surface area contributed by atoms with Crippen molar-refractivity contribution in [2.24, 2.45) is 5.92 Å². The summed E-state index contributed by atoms with van der Waals surface area (Å²) in [6.45, 7) is 7.21. The molecule has 0 fully saturated rings. The third-order valence-electron chi connectivity index (χ3n) is 17.8. The molecule has 0 aromatic heterocycles. The van der Waals surface area contributed by atoms with Crippen LogP contribution in [0.15, 0.2) is 0 Å². The first kappa shape index (κ1) is 93.1. The average Bonchev–Trinajstić information content (AvgIpc) is 1.94. The van der Waals surface area contributed by atoms with Crippen molar-refractivity contribution in [1.82, 2.24) is 0 Å². The molecule has 0 aliphatic carbocycles. The molecular weight excluding hydrogens is 1250 g/mol. The summed E-state index contributed by atoms with van der Waals surface area (Å²) < 4.78 is 68.5. The summed E-state index contributed by atoms with van der Waals surface area (Å²) in [5.41, 5.74) is 0. The molecule has 0 radical (unpaired) electrons. The highest BCUT2D eigenvalue weighted by atomic mass is 31.2. The van der Waals surface area contributed by atoms with Crippen LogP contribution in [0.2, 0.25) is 0 Å². The average molecular weight is 1400 g/mol. The van der Waals surface area contributed by atoms with E-state index < -0.39 is 97.5 Å². The molecule has 0 heterocycles. The Labute approximate surface area is 581 Å². The fourth-order valence-corrected chi connectivity index (χ4v) is 13.3. The van der Waals surface area contributed by atoms with Crippen molar-refractivity contribution in [3.63, 3.8) is 0 Å². The molecule has 3 N–H and O–H groups in total. The van der Waals surface area contributed by atoms with Crippen molar-refractivity contribution in [2.75, 3.05) is 39.6 Å². The van der Waals surface area contributed by atoms with Gasteiger partial charge in [0.15, 0.2) is 12.2 Å². The smallest absolute Gasteiger partial charge is 0.462 e. The SMILES string of the molecule is CCCCCCCCCCCCCCCCCCCC(=O)OC[C@H](COP(=O)(O)OC[C@@H](O)COP(=O)(O)OC[C@@H](COC(=O)CCCCCCCCC(C)C)OC(=O)CCCCCCCCCCCCCC)OC(=O)CCCCCCCCCCCCCCCCCCC. The molecule has 0 rings (SSSR count). The second-order valence-electron chi connectivity index (χ2n) is 27.9. The van der Waals surface area contributed by atoms with Crippen LogP contribution in [0, 0.1) is 5.92 Å². The van der Waals surface area contributed by atoms with Gasteiger partial charge in [0.25, 0.3) is 0 Å². The number of phosphoric ester groups is 2. The van der Waals surface area contributed by atoms with Gasteiger partial charge in [0.2, 0.25) is 0 Å². The summed E-state index contributed by atoms with van der Waals surface area (Å²) >= 11 is 0. The fourth-order valence-electron chi connectivity index (χ4n) is 11.7. The van der Waals surface area contributed by atoms with Gasteiger partial charge in [0, 0.05) is 25.7 Å². The first-order chi connectivity index (χ1) is 46.0. The normalized spacial score (nSPS) is 13.9. The van der Waals surface area contributed by atoms with Crippen LogP contribution in [0.3, 0.4) is 0 Å². The molecule has 564 valence electrons. The fraction of sp³-hybridized carbons (Fsp3) is 0.947. The van der Waals surface area contributed by atoms with Crippen LogP contribution >= 0.6 is 15.6 Å². The lowest BCUT2D eigenvalue weighted by Gasteiger charge is -2.21. The molecule has 0 saturated heterocycles. The Morgan fingerprint density at radius 1 is 0.284 bits per heavy atom. The van der Waals surface area contributed by atoms with E-state index in [-0.39, 0.29) is 25.7 Å². The number of unbranched alkanes of at least 4 members (excludes halogenated alkanes) is 48. The maximum Gasteiger partial charge on any atom is 0.472 e. The molecule has 0 spiro atoms. The number of hydrogen-bond acceptors (Lipinski definition) is 15. The number of phosphoric acid groups is 2. The minimum absolute atomic E-state index is 0.107. The zero-order valence-corrected chi connectivity index (χ0v) is 63.6. The molecule has 0 aliphatic rings. The molecular formula is C76H148O17P2. The standard InChI is InChI=1S/C76H148O17P2/c1-6-9-12-15-18-21-24-27-29-31-33-35-38-40-43-49-54-59-73(78)86-65-71(92-76(81)62-57-52-45-42-39-36-34-32-30-28-25-22-19-16-13-10-7-2)67-90-94(82,83)88-63-70(77)64-89-95(84,85)91-68-72(66-87-74(79)60-55-50-47-46-48-53-58-69(4)5)93-75(80)61-56-51-44-41-37-26-23-20-17-14-11-8-3/h69-72,77H,6-68H2,1-5H3,(H,82,83)(H,84,85)/t70-,71-,72-/m1/s1. The molecule has 0 aliphatic heterocycles. The van der Waals surface area contributed by atoms with Crippen molar-refractivity contribution >= 4 is 39.5 Å². The van der Waals surface area contributed by atoms with Crippen molar-refractivity contribution in [3.8, 4) is 0 Å². The van der Waals surface area contributed by atoms with Gasteiger partial charge in [-0.1, -0.05) is 349 Å². The number of aliphatic hydroxyl groups excluding tert-OH is 1. The molecule has 19 heteroatoms. The summed E-state index contributed by atoms with van der Waals surface area (Å²) in [6.07, 6.45) is 58.4. The van der Waals surface area contributed by atoms with E-state index >= 15 is 0 Å². The van der Waals surface area contributed by atoms with Gasteiger partial charge < -0.3 is 33.8 Å². The van der Waals surface area contributed by atoms with Gasteiger partial charge in [0.05, 0.1) is 26.4 Å². The highest BCUT2D eigenvalue weighted by Crippen LogP contribution is 2.45. The Morgan fingerprint density at radius 3 is 0.716 bits per heavy atom. The maximum absolute atomic E-state index is 13.1. The lowest BCUT2D eigenvalue weighted by atomic mass is 10.0. The lowest BCUT2D eigenvalue weighted by molar-refractivity contribution is -0.161. The number of esters is 4. The zero-order valence-electron chi connectivity index (χ0n) is 61.8. The quantitative estimate of drug-likeness (QED) is 0.0222. The van der Waals surface area contributed by atoms with Crippen LogP contribution in [-0.2, 0) is 65.4 Å². The monoisotopic (exact) mass is 1400 g/mol. The van der Waals surface area contributed by atoms with E-state index in [0.717, 1.165) is 96.3 Å². The van der Waals surface area contributed by atoms with E-state index in [4.69, 9.17) is 37.0 Å². The predicted octanol–water partition coefficient (Wildman–Crippen LogP) is 22.5. The lowest BCUT2D eigenvalue weighted by Crippen LogP contribution is -2.30. The first-order valence-electron chi connectivity index (χ1n) is 39.6. The van der Waals surface area contributed by atoms with Crippen molar-refractivity contribution in [3.05, 3.63) is 0 Å². The van der Waals surface area contributed by atoms with Crippen molar-refractivity contribution in [2.45, 2.75) is 419 Å². The number of aliphatic hydroxyl groups is 1. The van der Waals surface area contributed by atoms with Crippen LogP contribution in [0.25, 0.3) is 0 Å². The number of carbonyl (C=O) groups excluding carboxylic acids is 4. The summed E-state index contributed by atoms with van der Waals surface area (Å²) in [5.74, 6) is -1.43. The molecule has 17 nitrogen and oxygen atoms in total. The largest absolute Gasteiger partial charge is 0.472 e. The van der Waals surface area contributed by atoms with Gasteiger partial charge in [-0.25, -0.2) is 9.13 Å². The van der Waals surface area contributed by atoms with E-state index in [1.807, 2.05) is 0 Å². The summed E-state index contributed by atoms with van der Waals surface area (Å²) in [5, 5.41) is 10.6. The summed E-state index contributed by atoms with van der Waals surface area (Å²) in [4.78, 5) is 72.8.